The number of amides is 1. The number of aliphatic hydroxyl groups excluding tert-OH is 2. The predicted molar refractivity (Wildman–Crippen MR) is 176 cm³/mol. The number of aliphatic hydroxyl groups is 2. The molecule has 0 aromatic heterocycles. The van der Waals surface area contributed by atoms with Gasteiger partial charge in [-0.05, 0) is 59.5 Å². The van der Waals surface area contributed by atoms with E-state index in [1.807, 2.05) is 92.8 Å². The quantitative estimate of drug-likeness (QED) is 0.184. The highest BCUT2D eigenvalue weighted by atomic mass is 16.7. The average Bonchev–Trinajstić information content (AvgIpc) is 3.08. The molecule has 1 aliphatic heterocycles. The Bertz CT molecular complexity index is 1540. The molecule has 1 heterocycles. The molecule has 0 saturated carbocycles. The fourth-order valence-corrected chi connectivity index (χ4v) is 5.90. The van der Waals surface area contributed by atoms with Crippen molar-refractivity contribution in [3.63, 3.8) is 0 Å². The highest BCUT2D eigenvalue weighted by molar-refractivity contribution is 5.73. The summed E-state index contributed by atoms with van der Waals surface area (Å²) in [5.41, 5.74) is 6.76. The summed E-state index contributed by atoms with van der Waals surface area (Å²) in [6, 6.07) is 33.9. The van der Waals surface area contributed by atoms with Crippen LogP contribution in [-0.2, 0) is 27.4 Å². The van der Waals surface area contributed by atoms with Crippen LogP contribution in [-0.4, -0.2) is 46.8 Å². The molecule has 4 aromatic carbocycles. The van der Waals surface area contributed by atoms with Gasteiger partial charge in [-0.1, -0.05) is 97.9 Å². The van der Waals surface area contributed by atoms with Gasteiger partial charge < -0.3 is 25.0 Å². The first-order valence-electron chi connectivity index (χ1n) is 15.6. The Morgan fingerprint density at radius 3 is 2.24 bits per heavy atom. The van der Waals surface area contributed by atoms with Crippen LogP contribution in [0.3, 0.4) is 0 Å². The van der Waals surface area contributed by atoms with Gasteiger partial charge in [0, 0.05) is 37.5 Å². The van der Waals surface area contributed by atoms with E-state index in [-0.39, 0.29) is 36.7 Å². The van der Waals surface area contributed by atoms with Gasteiger partial charge in [-0.25, -0.2) is 0 Å². The molecule has 0 spiro atoms. The lowest BCUT2D eigenvalue weighted by atomic mass is 9.89. The number of nitrogens with one attached hydrogen (secondary N) is 1. The maximum atomic E-state index is 11.4. The lowest BCUT2D eigenvalue weighted by molar-refractivity contribution is -0.276. The van der Waals surface area contributed by atoms with Crippen molar-refractivity contribution < 1.29 is 24.5 Å². The number of hydrogen-bond donors (Lipinski definition) is 3. The zero-order valence-electron chi connectivity index (χ0n) is 26.5. The topological polar surface area (TPSA) is 91.3 Å². The van der Waals surface area contributed by atoms with Crippen LogP contribution < -0.4 is 5.32 Å². The maximum Gasteiger partial charge on any atom is 0.217 e. The Hall–Kier alpha value is -3.85. The molecule has 1 fully saturated rings. The number of nitrogens with zero attached hydrogens (tertiary/aromatic N) is 1. The molecule has 1 aliphatic rings. The van der Waals surface area contributed by atoms with Gasteiger partial charge in [-0.2, -0.15) is 0 Å². The second kappa shape index (κ2) is 15.0. The number of rotatable bonds is 11. The summed E-state index contributed by atoms with van der Waals surface area (Å²) in [7, 11) is 2.02. The molecule has 0 radical (unpaired) electrons. The third-order valence-electron chi connectivity index (χ3n) is 8.85. The maximum absolute atomic E-state index is 11.4. The van der Waals surface area contributed by atoms with Crippen molar-refractivity contribution in [3.05, 3.63) is 131 Å². The van der Waals surface area contributed by atoms with E-state index < -0.39 is 12.4 Å². The Balaban J connectivity index is 1.41. The van der Waals surface area contributed by atoms with Crippen LogP contribution in [0, 0.1) is 5.92 Å². The van der Waals surface area contributed by atoms with Gasteiger partial charge >= 0.3 is 0 Å². The van der Waals surface area contributed by atoms with Crippen molar-refractivity contribution in [2.24, 2.45) is 5.92 Å². The molecule has 45 heavy (non-hydrogen) atoms. The van der Waals surface area contributed by atoms with Gasteiger partial charge in [0.15, 0.2) is 6.29 Å². The second-order valence-electron chi connectivity index (χ2n) is 12.1. The number of ether oxygens (including phenoxy) is 2. The highest BCUT2D eigenvalue weighted by Gasteiger charge is 2.39. The number of carbonyl (C=O) groups excluding carboxylic acids is 1. The Labute approximate surface area is 266 Å². The van der Waals surface area contributed by atoms with Gasteiger partial charge in [0.1, 0.15) is 0 Å². The Morgan fingerprint density at radius 1 is 0.867 bits per heavy atom. The standard InChI is InChI=1S/C38H44N2O5/c1-25-35(23-40(4)26(2)36(43)30-11-6-5-7-12-30)44-38(45-37(25)31-18-16-28(24-41)17-19-31)34-15-9-14-33(21-34)32-13-8-10-29(20-32)22-39-27(3)42/h5-21,25-26,35-38,41,43H,22-24H2,1-4H3,(H,39,42). The van der Waals surface area contributed by atoms with Crippen molar-refractivity contribution in [3.8, 4) is 11.1 Å². The fraction of sp³-hybridized carbons (Fsp3) is 0.342. The van der Waals surface area contributed by atoms with E-state index in [2.05, 4.69) is 41.4 Å². The minimum atomic E-state index is -0.637. The summed E-state index contributed by atoms with van der Waals surface area (Å²) >= 11 is 0. The molecule has 6 atom stereocenters. The molecule has 4 aromatic rings. The van der Waals surface area contributed by atoms with E-state index >= 15 is 0 Å². The summed E-state index contributed by atoms with van der Waals surface area (Å²) in [5, 5.41) is 23.6. The molecule has 7 nitrogen and oxygen atoms in total. The minimum absolute atomic E-state index is 0.0124. The SMILES string of the molecule is CC(=O)NCc1cccc(-c2cccc(C3OC(CN(C)C(C)C(O)c4ccccc4)C(C)C(c4ccc(CO)cc4)O3)c2)c1. The molecule has 236 valence electrons. The van der Waals surface area contributed by atoms with Crippen LogP contribution in [0.5, 0.6) is 0 Å². The second-order valence-corrected chi connectivity index (χ2v) is 12.1. The van der Waals surface area contributed by atoms with Gasteiger partial charge in [-0.15, -0.1) is 0 Å². The molecule has 3 N–H and O–H groups in total. The normalized spacial score (nSPS) is 21.3. The van der Waals surface area contributed by atoms with Crippen molar-refractivity contribution >= 4 is 5.91 Å². The van der Waals surface area contributed by atoms with E-state index in [1.165, 1.54) is 6.92 Å². The van der Waals surface area contributed by atoms with Crippen LogP contribution >= 0.6 is 0 Å². The van der Waals surface area contributed by atoms with E-state index in [9.17, 15) is 15.0 Å². The lowest BCUT2D eigenvalue weighted by Gasteiger charge is -2.43. The lowest BCUT2D eigenvalue weighted by Crippen LogP contribution is -2.46. The van der Waals surface area contributed by atoms with Crippen molar-refractivity contribution in [2.45, 2.75) is 64.6 Å². The van der Waals surface area contributed by atoms with Crippen molar-refractivity contribution in [1.29, 1.82) is 0 Å². The number of carbonyl (C=O) groups is 1. The first kappa shape index (κ1) is 32.5. The Morgan fingerprint density at radius 2 is 1.56 bits per heavy atom. The molecular formula is C38H44N2O5. The first-order valence-corrected chi connectivity index (χ1v) is 15.6. The van der Waals surface area contributed by atoms with E-state index in [1.54, 1.807) is 0 Å². The number of benzene rings is 4. The summed E-state index contributed by atoms with van der Waals surface area (Å²) in [6.45, 7) is 6.76. The Kier molecular flexibility index (Phi) is 10.8. The smallest absolute Gasteiger partial charge is 0.217 e. The monoisotopic (exact) mass is 608 g/mol. The summed E-state index contributed by atoms with van der Waals surface area (Å²) in [4.78, 5) is 13.6. The van der Waals surface area contributed by atoms with Crippen molar-refractivity contribution in [2.75, 3.05) is 13.6 Å². The van der Waals surface area contributed by atoms with Crippen LogP contribution in [0.1, 0.15) is 67.1 Å². The van der Waals surface area contributed by atoms with Gasteiger partial charge in [0.25, 0.3) is 0 Å². The van der Waals surface area contributed by atoms with E-state index in [4.69, 9.17) is 9.47 Å². The van der Waals surface area contributed by atoms with E-state index in [0.29, 0.717) is 13.1 Å². The third kappa shape index (κ3) is 8.06. The summed E-state index contributed by atoms with van der Waals surface area (Å²) < 4.78 is 13.4. The third-order valence-corrected chi connectivity index (χ3v) is 8.85. The zero-order chi connectivity index (χ0) is 31.9. The molecule has 0 bridgehead atoms. The number of hydrogen-bond acceptors (Lipinski definition) is 6. The summed E-state index contributed by atoms with van der Waals surface area (Å²) in [6.07, 6.45) is -1.68. The largest absolute Gasteiger partial charge is 0.392 e. The van der Waals surface area contributed by atoms with Crippen LogP contribution in [0.2, 0.25) is 0 Å². The molecular weight excluding hydrogens is 564 g/mol. The first-order chi connectivity index (χ1) is 21.7. The highest BCUT2D eigenvalue weighted by Crippen LogP contribution is 2.42. The minimum Gasteiger partial charge on any atom is -0.392 e. The fourth-order valence-electron chi connectivity index (χ4n) is 5.90. The van der Waals surface area contributed by atoms with Gasteiger partial charge in [-0.3, -0.25) is 9.69 Å². The van der Waals surface area contributed by atoms with Crippen LogP contribution in [0.4, 0.5) is 0 Å². The molecule has 5 rings (SSSR count). The molecule has 1 amide bonds. The van der Waals surface area contributed by atoms with Crippen LogP contribution in [0.25, 0.3) is 11.1 Å². The number of likely N-dealkylation sites (N-methyl/N-ethyl adjacent to an activating group) is 1. The molecule has 7 heteroatoms. The molecule has 6 unspecified atom stereocenters. The van der Waals surface area contributed by atoms with Gasteiger partial charge in [0.05, 0.1) is 24.9 Å². The summed E-state index contributed by atoms with van der Waals surface area (Å²) in [5.74, 6) is -0.0497. The molecule has 1 saturated heterocycles. The zero-order valence-corrected chi connectivity index (χ0v) is 26.5. The van der Waals surface area contributed by atoms with Crippen LogP contribution in [0.15, 0.2) is 103 Å². The predicted octanol–water partition coefficient (Wildman–Crippen LogP) is 6.33. The average molecular weight is 609 g/mol. The molecule has 0 aliphatic carbocycles. The van der Waals surface area contributed by atoms with Crippen molar-refractivity contribution in [1.82, 2.24) is 10.2 Å². The van der Waals surface area contributed by atoms with E-state index in [0.717, 1.165) is 38.9 Å². The van der Waals surface area contributed by atoms with Gasteiger partial charge in [0.2, 0.25) is 5.91 Å².